The predicted octanol–water partition coefficient (Wildman–Crippen LogP) is 4.08. The van der Waals surface area contributed by atoms with Crippen LogP contribution < -0.4 is 14.8 Å². The van der Waals surface area contributed by atoms with Gasteiger partial charge in [-0.3, -0.25) is 0 Å². The molecular formula is C12H12Cl2N2O2S. The fourth-order valence-corrected chi connectivity index (χ4v) is 2.70. The van der Waals surface area contributed by atoms with Gasteiger partial charge in [-0.2, -0.15) is 0 Å². The van der Waals surface area contributed by atoms with Gasteiger partial charge >= 0.3 is 0 Å². The number of hydrogen-bond acceptors (Lipinski definition) is 5. The van der Waals surface area contributed by atoms with E-state index in [0.29, 0.717) is 27.5 Å². The third-order valence-corrected chi connectivity index (χ3v) is 3.86. The number of hydrogen-bond donors (Lipinski definition) is 1. The van der Waals surface area contributed by atoms with Gasteiger partial charge < -0.3 is 14.8 Å². The number of ether oxygens (including phenoxy) is 2. The third kappa shape index (κ3) is 3.43. The van der Waals surface area contributed by atoms with E-state index in [-0.39, 0.29) is 0 Å². The van der Waals surface area contributed by atoms with Gasteiger partial charge in [-0.05, 0) is 6.07 Å². The van der Waals surface area contributed by atoms with Crippen molar-refractivity contribution in [3.05, 3.63) is 32.7 Å². The third-order valence-electron chi connectivity index (χ3n) is 2.45. The second-order valence-corrected chi connectivity index (χ2v) is 5.72. The second kappa shape index (κ2) is 6.32. The summed E-state index contributed by atoms with van der Waals surface area (Å²) in [6, 6.07) is 3.51. The van der Waals surface area contributed by atoms with Crippen LogP contribution in [-0.2, 0) is 6.54 Å². The molecule has 1 aromatic heterocycles. The molecule has 0 aliphatic heterocycles. The van der Waals surface area contributed by atoms with Crippen molar-refractivity contribution >= 4 is 40.2 Å². The molecule has 2 aromatic rings. The number of halogens is 2. The van der Waals surface area contributed by atoms with Crippen LogP contribution in [0, 0.1) is 0 Å². The van der Waals surface area contributed by atoms with E-state index in [2.05, 4.69) is 10.3 Å². The number of rotatable bonds is 5. The minimum Gasteiger partial charge on any atom is -0.495 e. The maximum absolute atomic E-state index is 6.09. The molecule has 7 heteroatoms. The number of aromatic nitrogens is 1. The SMILES string of the molecule is COc1cc(OC)c(NCc2cnc(Cl)s2)cc1Cl. The lowest BCUT2D eigenvalue weighted by Crippen LogP contribution is -2.00. The van der Waals surface area contributed by atoms with Crippen molar-refractivity contribution in [2.75, 3.05) is 19.5 Å². The number of nitrogens with zero attached hydrogens (tertiary/aromatic N) is 1. The zero-order chi connectivity index (χ0) is 13.8. The van der Waals surface area contributed by atoms with Crippen LogP contribution in [-0.4, -0.2) is 19.2 Å². The molecule has 0 bridgehead atoms. The number of thiazole rings is 1. The van der Waals surface area contributed by atoms with Gasteiger partial charge in [0.05, 0.1) is 31.5 Å². The molecule has 4 nitrogen and oxygen atoms in total. The molecule has 0 amide bonds. The molecule has 0 atom stereocenters. The highest BCUT2D eigenvalue weighted by atomic mass is 35.5. The summed E-state index contributed by atoms with van der Waals surface area (Å²) in [5.74, 6) is 1.24. The van der Waals surface area contributed by atoms with Gasteiger partial charge in [0.15, 0.2) is 4.47 Å². The summed E-state index contributed by atoms with van der Waals surface area (Å²) in [4.78, 5) is 5.01. The lowest BCUT2D eigenvalue weighted by Gasteiger charge is -2.13. The van der Waals surface area contributed by atoms with Crippen LogP contribution in [0.1, 0.15) is 4.88 Å². The van der Waals surface area contributed by atoms with Crippen molar-refractivity contribution in [1.82, 2.24) is 4.98 Å². The van der Waals surface area contributed by atoms with Crippen LogP contribution in [0.4, 0.5) is 5.69 Å². The lowest BCUT2D eigenvalue weighted by molar-refractivity contribution is 0.395. The van der Waals surface area contributed by atoms with E-state index in [1.165, 1.54) is 11.3 Å². The van der Waals surface area contributed by atoms with E-state index in [0.717, 1.165) is 10.6 Å². The maximum Gasteiger partial charge on any atom is 0.183 e. The molecule has 2 rings (SSSR count). The Balaban J connectivity index is 2.17. The number of nitrogens with one attached hydrogen (secondary N) is 1. The van der Waals surface area contributed by atoms with E-state index in [1.54, 1.807) is 32.5 Å². The maximum atomic E-state index is 6.09. The van der Waals surface area contributed by atoms with Crippen LogP contribution in [0.3, 0.4) is 0 Å². The summed E-state index contributed by atoms with van der Waals surface area (Å²) in [5, 5.41) is 3.75. The van der Waals surface area contributed by atoms with Gasteiger partial charge in [0, 0.05) is 17.1 Å². The Morgan fingerprint density at radius 3 is 2.53 bits per heavy atom. The fraction of sp³-hybridized carbons (Fsp3) is 0.250. The van der Waals surface area contributed by atoms with Crippen molar-refractivity contribution in [2.24, 2.45) is 0 Å². The van der Waals surface area contributed by atoms with E-state index in [9.17, 15) is 0 Å². The molecule has 0 aliphatic carbocycles. The van der Waals surface area contributed by atoms with Gasteiger partial charge in [0.1, 0.15) is 11.5 Å². The van der Waals surface area contributed by atoms with Crippen molar-refractivity contribution in [2.45, 2.75) is 6.54 Å². The van der Waals surface area contributed by atoms with Gasteiger partial charge in [0.2, 0.25) is 0 Å². The fourth-order valence-electron chi connectivity index (χ4n) is 1.55. The summed E-state index contributed by atoms with van der Waals surface area (Å²) < 4.78 is 11.0. The molecule has 0 saturated heterocycles. The minimum absolute atomic E-state index is 0.521. The first-order valence-electron chi connectivity index (χ1n) is 5.39. The van der Waals surface area contributed by atoms with E-state index < -0.39 is 0 Å². The van der Waals surface area contributed by atoms with E-state index in [1.807, 2.05) is 0 Å². The largest absolute Gasteiger partial charge is 0.495 e. The highest BCUT2D eigenvalue weighted by molar-refractivity contribution is 7.15. The molecular weight excluding hydrogens is 307 g/mol. The summed E-state index contributed by atoms with van der Waals surface area (Å²) >= 11 is 13.3. The lowest BCUT2D eigenvalue weighted by atomic mass is 10.2. The Labute approximate surface area is 125 Å². The van der Waals surface area contributed by atoms with Gasteiger partial charge in [0.25, 0.3) is 0 Å². The van der Waals surface area contributed by atoms with Crippen LogP contribution in [0.5, 0.6) is 11.5 Å². The first-order chi connectivity index (χ1) is 9.13. The quantitative estimate of drug-likeness (QED) is 0.902. The molecule has 0 radical (unpaired) electrons. The number of benzene rings is 1. The molecule has 0 spiro atoms. The summed E-state index contributed by atoms with van der Waals surface area (Å²) in [6.45, 7) is 0.601. The van der Waals surface area contributed by atoms with Crippen molar-refractivity contribution < 1.29 is 9.47 Å². The zero-order valence-corrected chi connectivity index (χ0v) is 12.7. The van der Waals surface area contributed by atoms with E-state index >= 15 is 0 Å². The highest BCUT2D eigenvalue weighted by Gasteiger charge is 2.10. The molecule has 1 heterocycles. The molecule has 19 heavy (non-hydrogen) atoms. The van der Waals surface area contributed by atoms with Crippen molar-refractivity contribution in [3.63, 3.8) is 0 Å². The molecule has 1 aromatic carbocycles. The van der Waals surface area contributed by atoms with Gasteiger partial charge in [-0.25, -0.2) is 4.98 Å². The minimum atomic E-state index is 0.521. The molecule has 0 unspecified atom stereocenters. The van der Waals surface area contributed by atoms with Gasteiger partial charge in [-0.1, -0.05) is 23.2 Å². The van der Waals surface area contributed by atoms with Gasteiger partial charge in [-0.15, -0.1) is 11.3 Å². The first-order valence-corrected chi connectivity index (χ1v) is 6.97. The average Bonchev–Trinajstić information content (AvgIpc) is 2.82. The molecule has 0 saturated carbocycles. The highest BCUT2D eigenvalue weighted by Crippen LogP contribution is 2.36. The number of methoxy groups -OCH3 is 2. The Morgan fingerprint density at radius 1 is 1.21 bits per heavy atom. The van der Waals surface area contributed by atoms with Crippen LogP contribution >= 0.6 is 34.5 Å². The normalized spacial score (nSPS) is 10.3. The Kier molecular flexibility index (Phi) is 4.74. The van der Waals surface area contributed by atoms with Crippen molar-refractivity contribution in [3.8, 4) is 11.5 Å². The Morgan fingerprint density at radius 2 is 1.95 bits per heavy atom. The first kappa shape index (κ1) is 14.2. The number of anilines is 1. The Hall–Kier alpha value is -1.17. The average molecular weight is 319 g/mol. The van der Waals surface area contributed by atoms with E-state index in [4.69, 9.17) is 32.7 Å². The summed E-state index contributed by atoms with van der Waals surface area (Å²) in [5.41, 5.74) is 0.790. The smallest absolute Gasteiger partial charge is 0.183 e. The summed E-state index contributed by atoms with van der Waals surface area (Å²) in [7, 11) is 3.16. The van der Waals surface area contributed by atoms with Crippen LogP contribution in [0.2, 0.25) is 9.49 Å². The monoisotopic (exact) mass is 318 g/mol. The zero-order valence-electron chi connectivity index (χ0n) is 10.4. The molecule has 102 valence electrons. The van der Waals surface area contributed by atoms with Crippen LogP contribution in [0.15, 0.2) is 18.3 Å². The van der Waals surface area contributed by atoms with Crippen LogP contribution in [0.25, 0.3) is 0 Å². The second-order valence-electron chi connectivity index (χ2n) is 3.62. The molecule has 0 fully saturated rings. The molecule has 0 aliphatic rings. The predicted molar refractivity (Wildman–Crippen MR) is 79.0 cm³/mol. The molecule has 1 N–H and O–H groups in total. The van der Waals surface area contributed by atoms with Crippen molar-refractivity contribution in [1.29, 1.82) is 0 Å². The topological polar surface area (TPSA) is 43.4 Å². The Bertz CT molecular complexity index is 575. The summed E-state index contributed by atoms with van der Waals surface area (Å²) in [6.07, 6.45) is 1.73. The standard InChI is InChI=1S/C12H12Cl2N2O2S/c1-17-10-4-11(18-2)9(3-8(10)13)15-5-7-6-16-12(14)19-7/h3-4,6,15H,5H2,1-2H3.